The molecule has 7 heteroatoms. The third-order valence-corrected chi connectivity index (χ3v) is 4.17. The van der Waals surface area contributed by atoms with E-state index in [1.54, 1.807) is 12.1 Å². The minimum Gasteiger partial charge on any atom is -0.352 e. The van der Waals surface area contributed by atoms with Gasteiger partial charge in [-0.25, -0.2) is 0 Å². The monoisotopic (exact) mass is 369 g/mol. The molecule has 0 unspecified atom stereocenters. The zero-order valence-electron chi connectivity index (χ0n) is 14.5. The van der Waals surface area contributed by atoms with Crippen LogP contribution in [0.15, 0.2) is 54.6 Å². The second-order valence-corrected chi connectivity index (χ2v) is 6.58. The summed E-state index contributed by atoms with van der Waals surface area (Å²) in [5, 5.41) is 15.7. The molecule has 3 aromatic rings. The van der Waals surface area contributed by atoms with Gasteiger partial charge in [-0.05, 0) is 42.7 Å². The average Bonchev–Trinajstić information content (AvgIpc) is 3.09. The summed E-state index contributed by atoms with van der Waals surface area (Å²) in [6.07, 6.45) is 1.79. The lowest BCUT2D eigenvalue weighted by Crippen LogP contribution is -2.35. The summed E-state index contributed by atoms with van der Waals surface area (Å²) in [6.45, 7) is 2.02. The number of hydrogen-bond acceptors (Lipinski definition) is 4. The first kappa shape index (κ1) is 18.1. The van der Waals surface area contributed by atoms with Gasteiger partial charge in [0.15, 0.2) is 0 Å². The molecule has 1 N–H and O–H groups in total. The number of tetrazole rings is 1. The Hall–Kier alpha value is -2.73. The molecule has 2 aromatic carbocycles. The lowest BCUT2D eigenvalue weighted by Gasteiger charge is -2.13. The summed E-state index contributed by atoms with van der Waals surface area (Å²) in [4.78, 5) is 13.5. The van der Waals surface area contributed by atoms with Gasteiger partial charge in [0.05, 0.1) is 0 Å². The summed E-state index contributed by atoms with van der Waals surface area (Å²) < 4.78 is 0. The van der Waals surface area contributed by atoms with Crippen molar-refractivity contribution in [1.82, 2.24) is 25.5 Å². The minimum absolute atomic E-state index is 0.0310. The van der Waals surface area contributed by atoms with E-state index < -0.39 is 0 Å². The van der Waals surface area contributed by atoms with Gasteiger partial charge >= 0.3 is 0 Å². The second-order valence-electron chi connectivity index (χ2n) is 6.15. The van der Waals surface area contributed by atoms with Crippen LogP contribution in [0.3, 0.4) is 0 Å². The lowest BCUT2D eigenvalue weighted by atomic mass is 10.1. The number of aromatic nitrogens is 4. The van der Waals surface area contributed by atoms with Crippen LogP contribution in [0.4, 0.5) is 0 Å². The van der Waals surface area contributed by atoms with E-state index in [1.807, 2.05) is 37.3 Å². The number of hydrogen-bond donors (Lipinski definition) is 1. The molecule has 0 spiro atoms. The maximum Gasteiger partial charge on any atom is 0.243 e. The van der Waals surface area contributed by atoms with Crippen LogP contribution in [0.5, 0.6) is 0 Å². The predicted molar refractivity (Wildman–Crippen MR) is 101 cm³/mol. The third kappa shape index (κ3) is 5.13. The molecule has 6 nitrogen and oxygen atoms in total. The van der Waals surface area contributed by atoms with Crippen LogP contribution in [0, 0.1) is 0 Å². The smallest absolute Gasteiger partial charge is 0.243 e. The molecular weight excluding hydrogens is 350 g/mol. The molecule has 0 aliphatic heterocycles. The van der Waals surface area contributed by atoms with E-state index in [0.717, 1.165) is 18.4 Å². The highest BCUT2D eigenvalue weighted by Gasteiger charge is 2.12. The van der Waals surface area contributed by atoms with Crippen LogP contribution in [-0.2, 0) is 17.8 Å². The maximum atomic E-state index is 12.2. The number of nitrogens with zero attached hydrogens (tertiary/aromatic N) is 4. The van der Waals surface area contributed by atoms with E-state index in [0.29, 0.717) is 10.8 Å². The Morgan fingerprint density at radius 1 is 1.19 bits per heavy atom. The molecule has 134 valence electrons. The van der Waals surface area contributed by atoms with Crippen molar-refractivity contribution in [3.8, 4) is 11.4 Å². The summed E-state index contributed by atoms with van der Waals surface area (Å²) in [5.41, 5.74) is 2.03. The van der Waals surface area contributed by atoms with Gasteiger partial charge in [-0.2, -0.15) is 4.80 Å². The molecule has 26 heavy (non-hydrogen) atoms. The van der Waals surface area contributed by atoms with Gasteiger partial charge in [0.2, 0.25) is 11.7 Å². The molecule has 0 saturated carbocycles. The van der Waals surface area contributed by atoms with Crippen molar-refractivity contribution >= 4 is 17.5 Å². The fraction of sp³-hybridized carbons (Fsp3) is 0.263. The van der Waals surface area contributed by atoms with Crippen molar-refractivity contribution in [2.45, 2.75) is 32.4 Å². The van der Waals surface area contributed by atoms with E-state index in [2.05, 4.69) is 32.9 Å². The lowest BCUT2D eigenvalue weighted by molar-refractivity contribution is -0.122. The molecule has 1 aromatic heterocycles. The Morgan fingerprint density at radius 2 is 2.00 bits per heavy atom. The number of amides is 1. The van der Waals surface area contributed by atoms with Crippen molar-refractivity contribution in [1.29, 1.82) is 0 Å². The van der Waals surface area contributed by atoms with Gasteiger partial charge in [-0.15, -0.1) is 10.2 Å². The van der Waals surface area contributed by atoms with Gasteiger partial charge in [-0.3, -0.25) is 4.79 Å². The predicted octanol–water partition coefficient (Wildman–Crippen LogP) is 3.13. The Balaban J connectivity index is 1.50. The SMILES string of the molecule is C[C@H](CCc1ccccc1)NC(=O)Cn1nnc(-c2cccc(Cl)c2)n1. The standard InChI is InChI=1S/C19H20ClN5O/c1-14(10-11-15-6-3-2-4-7-15)21-18(26)13-25-23-19(22-24-25)16-8-5-9-17(20)12-16/h2-9,12,14H,10-11,13H2,1H3,(H,21,26)/t14-/m1/s1. The summed E-state index contributed by atoms with van der Waals surface area (Å²) >= 11 is 5.97. The molecule has 0 aliphatic rings. The zero-order chi connectivity index (χ0) is 18.4. The van der Waals surface area contributed by atoms with Crippen LogP contribution >= 0.6 is 11.6 Å². The molecule has 0 radical (unpaired) electrons. The first-order valence-corrected chi connectivity index (χ1v) is 8.85. The number of halogens is 1. The van der Waals surface area contributed by atoms with Crippen molar-refractivity contribution in [2.75, 3.05) is 0 Å². The Morgan fingerprint density at radius 3 is 2.77 bits per heavy atom. The molecule has 1 atom stereocenters. The van der Waals surface area contributed by atoms with Gasteiger partial charge in [0, 0.05) is 16.6 Å². The number of nitrogens with one attached hydrogen (secondary N) is 1. The normalized spacial score (nSPS) is 11.9. The van der Waals surface area contributed by atoms with Crippen molar-refractivity contribution in [3.63, 3.8) is 0 Å². The van der Waals surface area contributed by atoms with E-state index in [-0.39, 0.29) is 18.5 Å². The molecule has 0 bridgehead atoms. The molecule has 0 saturated heterocycles. The van der Waals surface area contributed by atoms with Crippen LogP contribution in [0.25, 0.3) is 11.4 Å². The van der Waals surface area contributed by atoms with E-state index in [4.69, 9.17) is 11.6 Å². The fourth-order valence-corrected chi connectivity index (χ4v) is 2.79. The molecule has 1 amide bonds. The first-order chi connectivity index (χ1) is 12.6. The van der Waals surface area contributed by atoms with E-state index >= 15 is 0 Å². The fourth-order valence-electron chi connectivity index (χ4n) is 2.60. The highest BCUT2D eigenvalue weighted by molar-refractivity contribution is 6.30. The highest BCUT2D eigenvalue weighted by atomic mass is 35.5. The topological polar surface area (TPSA) is 72.7 Å². The van der Waals surface area contributed by atoms with Gasteiger partial charge in [0.25, 0.3) is 0 Å². The molecular formula is C19H20ClN5O. The average molecular weight is 370 g/mol. The molecule has 0 fully saturated rings. The quantitative estimate of drug-likeness (QED) is 0.694. The Bertz CT molecular complexity index is 865. The molecule has 0 aliphatic carbocycles. The third-order valence-electron chi connectivity index (χ3n) is 3.94. The summed E-state index contributed by atoms with van der Waals surface area (Å²) in [5.74, 6) is 0.304. The molecule has 3 rings (SSSR count). The minimum atomic E-state index is -0.138. The molecule has 1 heterocycles. The van der Waals surface area contributed by atoms with Crippen LogP contribution < -0.4 is 5.32 Å². The maximum absolute atomic E-state index is 12.2. The van der Waals surface area contributed by atoms with Crippen LogP contribution in [-0.4, -0.2) is 32.2 Å². The summed E-state index contributed by atoms with van der Waals surface area (Å²) in [6, 6.07) is 17.5. The van der Waals surface area contributed by atoms with Crippen molar-refractivity contribution < 1.29 is 4.79 Å². The van der Waals surface area contributed by atoms with Crippen LogP contribution in [0.2, 0.25) is 5.02 Å². The van der Waals surface area contributed by atoms with Gasteiger partial charge < -0.3 is 5.32 Å². The zero-order valence-corrected chi connectivity index (χ0v) is 15.2. The van der Waals surface area contributed by atoms with Crippen molar-refractivity contribution in [2.24, 2.45) is 0 Å². The number of aryl methyl sites for hydroxylation is 1. The van der Waals surface area contributed by atoms with E-state index in [9.17, 15) is 4.79 Å². The van der Waals surface area contributed by atoms with E-state index in [1.165, 1.54) is 10.4 Å². The number of carbonyl (C=O) groups excluding carboxylic acids is 1. The highest BCUT2D eigenvalue weighted by Crippen LogP contribution is 2.18. The first-order valence-electron chi connectivity index (χ1n) is 8.47. The Labute approximate surface area is 157 Å². The van der Waals surface area contributed by atoms with Crippen molar-refractivity contribution in [3.05, 3.63) is 65.2 Å². The number of carbonyl (C=O) groups is 1. The van der Waals surface area contributed by atoms with Crippen LogP contribution in [0.1, 0.15) is 18.9 Å². The largest absolute Gasteiger partial charge is 0.352 e. The number of rotatable bonds is 7. The Kier molecular flexibility index (Phi) is 5.96. The summed E-state index contributed by atoms with van der Waals surface area (Å²) in [7, 11) is 0. The second kappa shape index (κ2) is 8.58. The van der Waals surface area contributed by atoms with Gasteiger partial charge in [0.1, 0.15) is 6.54 Å². The van der Waals surface area contributed by atoms with Gasteiger partial charge in [-0.1, -0.05) is 54.1 Å². The number of benzene rings is 2.